The van der Waals surface area contributed by atoms with Gasteiger partial charge in [0.15, 0.2) is 0 Å². The first-order valence-corrected chi connectivity index (χ1v) is 11.4. The molecule has 0 spiro atoms. The van der Waals surface area contributed by atoms with E-state index in [0.717, 1.165) is 50.5 Å². The highest BCUT2D eigenvalue weighted by molar-refractivity contribution is 5.85. The Kier molecular flexibility index (Phi) is 4.14. The average Bonchev–Trinajstić information content (AvgIpc) is 3.23. The number of rotatable bonds is 1. The van der Waals surface area contributed by atoms with Gasteiger partial charge in [-0.05, 0) is 92.4 Å². The molecule has 0 amide bonds. The van der Waals surface area contributed by atoms with E-state index in [-0.39, 0.29) is 22.7 Å². The number of ether oxygens (including phenoxy) is 1. The van der Waals surface area contributed by atoms with E-state index in [4.69, 9.17) is 11.2 Å². The van der Waals surface area contributed by atoms with Crippen molar-refractivity contribution in [3.63, 3.8) is 0 Å². The molecule has 5 aliphatic rings. The van der Waals surface area contributed by atoms with Gasteiger partial charge < -0.3 is 14.9 Å². The second kappa shape index (κ2) is 6.11. The van der Waals surface area contributed by atoms with Crippen LogP contribution >= 0.6 is 0 Å². The molecular weight excluding hydrogens is 364 g/mol. The zero-order valence-corrected chi connectivity index (χ0v) is 17.7. The molecule has 0 saturated heterocycles. The first-order valence-electron chi connectivity index (χ1n) is 11.4. The van der Waals surface area contributed by atoms with Gasteiger partial charge in [0, 0.05) is 11.5 Å². The summed E-state index contributed by atoms with van der Waals surface area (Å²) in [6.45, 7) is 5.06. The third-order valence-electron chi connectivity index (χ3n) is 10.3. The van der Waals surface area contributed by atoms with Gasteiger partial charge in [-0.25, -0.2) is 4.79 Å². The molecule has 2 N–H and O–H groups in total. The molecule has 8 atom stereocenters. The number of terminal acetylenes is 1. The van der Waals surface area contributed by atoms with E-state index in [9.17, 15) is 15.0 Å². The number of carbonyl (C=O) groups excluding carboxylic acids is 1. The molecule has 4 saturated carbocycles. The Bertz CT molecular complexity index is 810. The molecule has 0 radical (unpaired) electrons. The van der Waals surface area contributed by atoms with Crippen LogP contribution < -0.4 is 0 Å². The fraction of sp³-hybridized carbons (Fsp3) is 0.800. The second-order valence-electron chi connectivity index (χ2n) is 11.2. The Hall–Kier alpha value is -1.31. The lowest BCUT2D eigenvalue weighted by Gasteiger charge is -2.64. The van der Waals surface area contributed by atoms with Crippen molar-refractivity contribution in [3.8, 4) is 12.3 Å². The van der Waals surface area contributed by atoms with Gasteiger partial charge >= 0.3 is 5.97 Å². The quantitative estimate of drug-likeness (QED) is 0.523. The van der Waals surface area contributed by atoms with Crippen molar-refractivity contribution in [2.45, 2.75) is 82.8 Å². The summed E-state index contributed by atoms with van der Waals surface area (Å²) in [5.74, 6) is 3.88. The van der Waals surface area contributed by atoms with E-state index >= 15 is 0 Å². The molecule has 8 unspecified atom stereocenters. The fourth-order valence-corrected chi connectivity index (χ4v) is 8.53. The minimum Gasteiger partial charge on any atom is -0.458 e. The van der Waals surface area contributed by atoms with Crippen LogP contribution in [0.25, 0.3) is 0 Å². The molecular formula is C25H34O4. The van der Waals surface area contributed by atoms with Crippen molar-refractivity contribution in [1.29, 1.82) is 0 Å². The van der Waals surface area contributed by atoms with E-state index < -0.39 is 11.2 Å². The number of cyclic esters (lactones) is 1. The third kappa shape index (κ3) is 2.50. The van der Waals surface area contributed by atoms with Gasteiger partial charge in [0.05, 0.1) is 5.60 Å². The average molecular weight is 399 g/mol. The highest BCUT2D eigenvalue weighted by Gasteiger charge is 2.68. The Labute approximate surface area is 174 Å². The van der Waals surface area contributed by atoms with Gasteiger partial charge in [-0.2, -0.15) is 0 Å². The maximum Gasteiger partial charge on any atom is 0.331 e. The first-order chi connectivity index (χ1) is 13.7. The van der Waals surface area contributed by atoms with Gasteiger partial charge in [-0.1, -0.05) is 19.8 Å². The van der Waals surface area contributed by atoms with Gasteiger partial charge in [-0.3, -0.25) is 0 Å². The maximum absolute atomic E-state index is 12.2. The van der Waals surface area contributed by atoms with Crippen LogP contribution in [0.5, 0.6) is 0 Å². The van der Waals surface area contributed by atoms with Crippen molar-refractivity contribution < 1.29 is 19.7 Å². The van der Waals surface area contributed by atoms with Gasteiger partial charge in [0.25, 0.3) is 0 Å². The van der Waals surface area contributed by atoms with Crippen LogP contribution in [-0.2, 0) is 9.53 Å². The highest BCUT2D eigenvalue weighted by Crippen LogP contribution is 2.70. The fourth-order valence-electron chi connectivity index (χ4n) is 8.53. The Morgan fingerprint density at radius 2 is 1.86 bits per heavy atom. The molecule has 29 heavy (non-hydrogen) atoms. The number of fused-ring (bicyclic) bond motifs is 5. The normalized spacial score (nSPS) is 53.9. The summed E-state index contributed by atoms with van der Waals surface area (Å²) < 4.78 is 5.21. The molecule has 0 aromatic rings. The predicted molar refractivity (Wildman–Crippen MR) is 110 cm³/mol. The predicted octanol–water partition coefficient (Wildman–Crippen LogP) is 3.61. The largest absolute Gasteiger partial charge is 0.458 e. The van der Waals surface area contributed by atoms with Crippen molar-refractivity contribution in [2.75, 3.05) is 6.61 Å². The van der Waals surface area contributed by atoms with Crippen LogP contribution in [0.15, 0.2) is 11.6 Å². The number of hydrogen-bond donors (Lipinski definition) is 2. The minimum absolute atomic E-state index is 0.146. The number of aliphatic hydroxyl groups is 2. The number of esters is 1. The molecule has 0 bridgehead atoms. The summed E-state index contributed by atoms with van der Waals surface area (Å²) in [5, 5.41) is 22.9. The smallest absolute Gasteiger partial charge is 0.331 e. The molecule has 4 heteroatoms. The summed E-state index contributed by atoms with van der Waals surface area (Å²) in [7, 11) is 0. The maximum atomic E-state index is 12.2. The van der Waals surface area contributed by atoms with Crippen LogP contribution in [0, 0.1) is 46.8 Å². The zero-order chi connectivity index (χ0) is 20.7. The highest BCUT2D eigenvalue weighted by atomic mass is 16.5. The molecule has 1 heterocycles. The lowest BCUT2D eigenvalue weighted by atomic mass is 9.42. The molecule has 0 aromatic heterocycles. The van der Waals surface area contributed by atoms with E-state index in [2.05, 4.69) is 19.8 Å². The van der Waals surface area contributed by atoms with E-state index in [1.165, 1.54) is 0 Å². The Morgan fingerprint density at radius 1 is 1.07 bits per heavy atom. The summed E-state index contributed by atoms with van der Waals surface area (Å²) in [6.07, 6.45) is 15.6. The van der Waals surface area contributed by atoms with Crippen LogP contribution in [0.2, 0.25) is 0 Å². The SMILES string of the molecule is C#CC1(O)CCC2(C)C(CCC3C2CCC2(C)C(C4=CC(=O)OC4)CCC32O)C1. The topological polar surface area (TPSA) is 66.8 Å². The lowest BCUT2D eigenvalue weighted by Crippen LogP contribution is -2.63. The summed E-state index contributed by atoms with van der Waals surface area (Å²) in [4.78, 5) is 11.7. The van der Waals surface area contributed by atoms with E-state index in [1.807, 2.05) is 0 Å². The molecule has 4 fully saturated rings. The van der Waals surface area contributed by atoms with Crippen molar-refractivity contribution in [2.24, 2.45) is 34.5 Å². The van der Waals surface area contributed by atoms with Crippen molar-refractivity contribution in [1.82, 2.24) is 0 Å². The van der Waals surface area contributed by atoms with E-state index in [1.54, 1.807) is 6.08 Å². The van der Waals surface area contributed by atoms with Gasteiger partial charge in [0.2, 0.25) is 0 Å². The van der Waals surface area contributed by atoms with Gasteiger partial charge in [-0.15, -0.1) is 6.42 Å². The molecule has 4 aliphatic carbocycles. The molecule has 158 valence electrons. The molecule has 1 aliphatic heterocycles. The first kappa shape index (κ1) is 19.6. The second-order valence-corrected chi connectivity index (χ2v) is 11.2. The number of hydrogen-bond acceptors (Lipinski definition) is 4. The van der Waals surface area contributed by atoms with Crippen molar-refractivity contribution >= 4 is 5.97 Å². The van der Waals surface area contributed by atoms with Crippen LogP contribution in [0.1, 0.15) is 71.6 Å². The minimum atomic E-state index is -0.947. The molecule has 4 nitrogen and oxygen atoms in total. The van der Waals surface area contributed by atoms with Crippen LogP contribution in [0.3, 0.4) is 0 Å². The Balaban J connectivity index is 1.45. The molecule has 5 rings (SSSR count). The zero-order valence-electron chi connectivity index (χ0n) is 17.7. The Morgan fingerprint density at radius 3 is 2.55 bits per heavy atom. The standard InChI is InChI=1S/C25H34O4/c1-4-24(27)12-11-22(2)17(14-24)5-6-20-19(22)7-9-23(3)18(8-10-25(20,23)28)16-13-21(26)29-15-16/h1,13,17-20,27-28H,5-12,14-15H2,2-3H3. The monoisotopic (exact) mass is 398 g/mol. The lowest BCUT2D eigenvalue weighted by molar-refractivity contribution is -0.211. The van der Waals surface area contributed by atoms with Crippen LogP contribution in [0.4, 0.5) is 0 Å². The number of carbonyl (C=O) groups is 1. The summed E-state index contributed by atoms with van der Waals surface area (Å²) >= 11 is 0. The van der Waals surface area contributed by atoms with Gasteiger partial charge in [0.1, 0.15) is 12.2 Å². The molecule has 0 aromatic carbocycles. The van der Waals surface area contributed by atoms with E-state index in [0.29, 0.717) is 37.2 Å². The van der Waals surface area contributed by atoms with Crippen molar-refractivity contribution in [3.05, 3.63) is 11.6 Å². The third-order valence-corrected chi connectivity index (χ3v) is 10.3. The van der Waals surface area contributed by atoms with Crippen LogP contribution in [-0.4, -0.2) is 34.0 Å². The summed E-state index contributed by atoms with van der Waals surface area (Å²) in [6, 6.07) is 0. The summed E-state index contributed by atoms with van der Waals surface area (Å²) in [5.41, 5.74) is -0.584.